The molecule has 0 bridgehead atoms. The fourth-order valence-electron chi connectivity index (χ4n) is 0.872. The van der Waals surface area contributed by atoms with E-state index in [4.69, 9.17) is 5.11 Å². The normalized spacial score (nSPS) is 10.2. The Labute approximate surface area is 97.8 Å². The van der Waals surface area contributed by atoms with Crippen molar-refractivity contribution in [2.75, 3.05) is 24.2 Å². The van der Waals surface area contributed by atoms with Crippen molar-refractivity contribution in [3.05, 3.63) is 12.7 Å². The van der Waals surface area contributed by atoms with Gasteiger partial charge in [0.15, 0.2) is 4.34 Å². The summed E-state index contributed by atoms with van der Waals surface area (Å²) in [6, 6.07) is 0. The van der Waals surface area contributed by atoms with Crippen molar-refractivity contribution in [1.82, 2.24) is 10.2 Å². The SMILES string of the molecule is C=CCNc1nnc(SCCCCO)s1. The molecule has 1 rings (SSSR count). The van der Waals surface area contributed by atoms with E-state index in [0.29, 0.717) is 6.54 Å². The second kappa shape index (κ2) is 7.67. The van der Waals surface area contributed by atoms with Crippen molar-refractivity contribution in [3.63, 3.8) is 0 Å². The van der Waals surface area contributed by atoms with Crippen LogP contribution in [0, 0.1) is 0 Å². The van der Waals surface area contributed by atoms with Crippen LogP contribution in [0.2, 0.25) is 0 Å². The average Bonchev–Trinajstić information content (AvgIpc) is 2.69. The van der Waals surface area contributed by atoms with Gasteiger partial charge in [0.05, 0.1) is 0 Å². The second-order valence-corrected chi connectivity index (χ2v) is 5.14. The third kappa shape index (κ3) is 5.15. The molecule has 0 fully saturated rings. The van der Waals surface area contributed by atoms with Crippen molar-refractivity contribution >= 4 is 28.2 Å². The summed E-state index contributed by atoms with van der Waals surface area (Å²) in [4.78, 5) is 0. The highest BCUT2D eigenvalue weighted by Gasteiger charge is 2.02. The predicted molar refractivity (Wildman–Crippen MR) is 65.6 cm³/mol. The number of aromatic nitrogens is 2. The van der Waals surface area contributed by atoms with Crippen LogP contribution >= 0.6 is 23.1 Å². The maximum atomic E-state index is 8.61. The maximum absolute atomic E-state index is 8.61. The van der Waals surface area contributed by atoms with Crippen LogP contribution in [-0.2, 0) is 0 Å². The van der Waals surface area contributed by atoms with E-state index in [2.05, 4.69) is 22.1 Å². The molecular weight excluding hydrogens is 230 g/mol. The van der Waals surface area contributed by atoms with Gasteiger partial charge in [-0.25, -0.2) is 0 Å². The quantitative estimate of drug-likeness (QED) is 0.417. The number of unbranched alkanes of at least 4 members (excludes halogenated alkanes) is 1. The van der Waals surface area contributed by atoms with Crippen LogP contribution in [-0.4, -0.2) is 34.2 Å². The lowest BCUT2D eigenvalue weighted by Gasteiger charge is -1.95. The monoisotopic (exact) mass is 245 g/mol. The first-order valence-electron chi connectivity index (χ1n) is 4.78. The summed E-state index contributed by atoms with van der Waals surface area (Å²) in [7, 11) is 0. The van der Waals surface area contributed by atoms with Crippen LogP contribution in [0.4, 0.5) is 5.13 Å². The molecule has 0 aliphatic rings. The molecule has 6 heteroatoms. The number of anilines is 1. The van der Waals surface area contributed by atoms with E-state index < -0.39 is 0 Å². The lowest BCUT2D eigenvalue weighted by Crippen LogP contribution is -1.96. The number of nitrogens with zero attached hydrogens (tertiary/aromatic N) is 2. The fourth-order valence-corrected chi connectivity index (χ4v) is 2.70. The van der Waals surface area contributed by atoms with E-state index >= 15 is 0 Å². The summed E-state index contributed by atoms with van der Waals surface area (Å²) in [5.41, 5.74) is 0. The Morgan fingerprint density at radius 3 is 3.07 bits per heavy atom. The number of hydrogen-bond donors (Lipinski definition) is 2. The number of nitrogens with one attached hydrogen (secondary N) is 1. The fraction of sp³-hybridized carbons (Fsp3) is 0.556. The van der Waals surface area contributed by atoms with Gasteiger partial charge >= 0.3 is 0 Å². The number of thioether (sulfide) groups is 1. The highest BCUT2D eigenvalue weighted by molar-refractivity contribution is 8.01. The first-order valence-corrected chi connectivity index (χ1v) is 6.59. The van der Waals surface area contributed by atoms with Crippen molar-refractivity contribution in [1.29, 1.82) is 0 Å². The molecule has 2 N–H and O–H groups in total. The van der Waals surface area contributed by atoms with Crippen LogP contribution < -0.4 is 5.32 Å². The Kier molecular flexibility index (Phi) is 6.38. The molecule has 0 radical (unpaired) electrons. The molecular formula is C9H15N3OS2. The largest absolute Gasteiger partial charge is 0.396 e. The van der Waals surface area contributed by atoms with E-state index in [-0.39, 0.29) is 6.61 Å². The molecule has 0 atom stereocenters. The van der Waals surface area contributed by atoms with Crippen LogP contribution in [0.15, 0.2) is 17.0 Å². The highest BCUT2D eigenvalue weighted by atomic mass is 32.2. The number of aliphatic hydroxyl groups excluding tert-OH is 1. The molecule has 84 valence electrons. The van der Waals surface area contributed by atoms with Gasteiger partial charge in [0.1, 0.15) is 0 Å². The molecule has 0 aromatic carbocycles. The lowest BCUT2D eigenvalue weighted by atomic mass is 10.4. The van der Waals surface area contributed by atoms with E-state index in [1.165, 1.54) is 0 Å². The van der Waals surface area contributed by atoms with E-state index in [9.17, 15) is 0 Å². The summed E-state index contributed by atoms with van der Waals surface area (Å²) >= 11 is 3.23. The van der Waals surface area contributed by atoms with E-state index in [1.807, 2.05) is 0 Å². The van der Waals surface area contributed by atoms with Gasteiger partial charge in [0.25, 0.3) is 0 Å². The molecule has 0 aliphatic heterocycles. The Balaban J connectivity index is 2.23. The molecule has 4 nitrogen and oxygen atoms in total. The van der Waals surface area contributed by atoms with Crippen molar-refractivity contribution in [3.8, 4) is 0 Å². The first kappa shape index (κ1) is 12.5. The van der Waals surface area contributed by atoms with Gasteiger partial charge < -0.3 is 10.4 Å². The predicted octanol–water partition coefficient (Wildman–Crippen LogP) is 2.00. The standard InChI is InChI=1S/C9H15N3OS2/c1-2-5-10-8-11-12-9(15-8)14-7-4-3-6-13/h2,13H,1,3-7H2,(H,10,11). The molecule has 1 heterocycles. The molecule has 0 saturated carbocycles. The second-order valence-electron chi connectivity index (χ2n) is 2.82. The Bertz CT molecular complexity index is 291. The van der Waals surface area contributed by atoms with Gasteiger partial charge in [-0.2, -0.15) is 0 Å². The minimum Gasteiger partial charge on any atom is -0.396 e. The van der Waals surface area contributed by atoms with E-state index in [0.717, 1.165) is 28.1 Å². The van der Waals surface area contributed by atoms with Gasteiger partial charge in [0.2, 0.25) is 5.13 Å². The molecule has 15 heavy (non-hydrogen) atoms. The molecule has 0 amide bonds. The maximum Gasteiger partial charge on any atom is 0.206 e. The van der Waals surface area contributed by atoms with Gasteiger partial charge in [-0.05, 0) is 12.8 Å². The molecule has 0 aliphatic carbocycles. The number of hydrogen-bond acceptors (Lipinski definition) is 6. The zero-order valence-corrected chi connectivity index (χ0v) is 10.1. The molecule has 0 saturated heterocycles. The third-order valence-corrected chi connectivity index (χ3v) is 3.68. The summed E-state index contributed by atoms with van der Waals surface area (Å²) < 4.78 is 0.972. The zero-order valence-electron chi connectivity index (χ0n) is 8.48. The van der Waals surface area contributed by atoms with Crippen LogP contribution in [0.1, 0.15) is 12.8 Å². The highest BCUT2D eigenvalue weighted by Crippen LogP contribution is 2.25. The van der Waals surface area contributed by atoms with Gasteiger partial charge in [-0.3, -0.25) is 0 Å². The Morgan fingerprint density at radius 1 is 1.47 bits per heavy atom. The number of aliphatic hydroxyl groups is 1. The third-order valence-electron chi connectivity index (χ3n) is 1.58. The van der Waals surface area contributed by atoms with E-state index in [1.54, 1.807) is 29.2 Å². The first-order chi connectivity index (χ1) is 7.36. The summed E-state index contributed by atoms with van der Waals surface area (Å²) in [6.45, 7) is 4.60. The van der Waals surface area contributed by atoms with Crippen LogP contribution in [0.25, 0.3) is 0 Å². The summed E-state index contributed by atoms with van der Waals surface area (Å²) in [5.74, 6) is 0.983. The Morgan fingerprint density at radius 2 is 2.33 bits per heavy atom. The Hall–Kier alpha value is -0.590. The van der Waals surface area contributed by atoms with Gasteiger partial charge in [-0.15, -0.1) is 16.8 Å². The minimum atomic E-state index is 0.267. The van der Waals surface area contributed by atoms with Crippen molar-refractivity contribution in [2.45, 2.75) is 17.2 Å². The number of rotatable bonds is 8. The molecule has 0 spiro atoms. The van der Waals surface area contributed by atoms with Crippen molar-refractivity contribution < 1.29 is 5.11 Å². The van der Waals surface area contributed by atoms with Gasteiger partial charge in [-0.1, -0.05) is 29.2 Å². The summed E-state index contributed by atoms with van der Waals surface area (Å²) in [5, 5.41) is 20.6. The lowest BCUT2D eigenvalue weighted by molar-refractivity contribution is 0.287. The molecule has 1 aromatic rings. The van der Waals surface area contributed by atoms with Crippen LogP contribution in [0.3, 0.4) is 0 Å². The minimum absolute atomic E-state index is 0.267. The van der Waals surface area contributed by atoms with Crippen molar-refractivity contribution in [2.24, 2.45) is 0 Å². The average molecular weight is 245 g/mol. The summed E-state index contributed by atoms with van der Waals surface area (Å²) in [6.07, 6.45) is 3.65. The molecule has 0 unspecified atom stereocenters. The van der Waals surface area contributed by atoms with Crippen LogP contribution in [0.5, 0.6) is 0 Å². The topological polar surface area (TPSA) is 58.0 Å². The smallest absolute Gasteiger partial charge is 0.206 e. The molecule has 1 aromatic heterocycles. The zero-order chi connectivity index (χ0) is 10.9. The van der Waals surface area contributed by atoms with Gasteiger partial charge in [0, 0.05) is 18.9 Å².